The summed E-state index contributed by atoms with van der Waals surface area (Å²) in [6.45, 7) is 28.9. The lowest BCUT2D eigenvalue weighted by molar-refractivity contribution is -0.152. The molecule has 2 rings (SSSR count). The summed E-state index contributed by atoms with van der Waals surface area (Å²) in [4.78, 5) is 13.1. The van der Waals surface area contributed by atoms with Crippen molar-refractivity contribution in [3.8, 4) is 0 Å². The van der Waals surface area contributed by atoms with Gasteiger partial charge >= 0.3 is 5.97 Å². The Hall–Kier alpha value is -1.56. The fourth-order valence-corrected chi connectivity index (χ4v) is 6.45. The summed E-state index contributed by atoms with van der Waals surface area (Å²) in [6.07, 6.45) is 6.63. The molecule has 6 nitrogen and oxygen atoms in total. The van der Waals surface area contributed by atoms with Gasteiger partial charge in [-0.2, -0.15) is 0 Å². The maximum absolute atomic E-state index is 13.1. The molecule has 1 fully saturated rings. The van der Waals surface area contributed by atoms with Crippen LogP contribution in [-0.2, 0) is 18.6 Å². The van der Waals surface area contributed by atoms with E-state index in [2.05, 4.69) is 60.4 Å². The highest BCUT2D eigenvalue weighted by Crippen LogP contribution is 2.37. The molecule has 4 atom stereocenters. The summed E-state index contributed by atoms with van der Waals surface area (Å²) in [5.41, 5.74) is 3.41. The Balaban J connectivity index is 2.12. The van der Waals surface area contributed by atoms with Crippen LogP contribution < -0.4 is 0 Å². The Morgan fingerprint density at radius 1 is 1.10 bits per heavy atom. The van der Waals surface area contributed by atoms with Crippen LogP contribution in [0.25, 0.3) is 6.08 Å². The van der Waals surface area contributed by atoms with Crippen LogP contribution in [0, 0.1) is 19.8 Å². The second-order valence-corrected chi connectivity index (χ2v) is 25.6. The fourth-order valence-electron chi connectivity index (χ4n) is 4.62. The molecule has 42 heavy (non-hydrogen) atoms. The van der Waals surface area contributed by atoms with Crippen LogP contribution >= 0.6 is 0 Å². The van der Waals surface area contributed by atoms with Gasteiger partial charge in [0.1, 0.15) is 12.2 Å². The smallest absolute Gasteiger partial charge is 0.338 e. The first-order valence-corrected chi connectivity index (χ1v) is 22.0. The Morgan fingerprint density at radius 2 is 1.74 bits per heavy atom. The van der Waals surface area contributed by atoms with Crippen molar-refractivity contribution in [3.63, 3.8) is 0 Å². The van der Waals surface area contributed by atoms with Gasteiger partial charge in [0.15, 0.2) is 14.1 Å². The van der Waals surface area contributed by atoms with Crippen LogP contribution in [-0.4, -0.2) is 64.8 Å². The van der Waals surface area contributed by atoms with E-state index in [4.69, 9.17) is 18.6 Å². The molecule has 0 bridgehead atoms. The summed E-state index contributed by atoms with van der Waals surface area (Å²) in [7, 11) is -3.14. The normalized spacial score (nSPS) is 21.3. The van der Waals surface area contributed by atoms with E-state index in [-0.39, 0.29) is 23.0 Å². The molecular weight excluding hydrogens is 561 g/mol. The summed E-state index contributed by atoms with van der Waals surface area (Å²) in [6, 6.07) is 4.96. The second-order valence-electron chi connectivity index (χ2n) is 15.2. The number of ether oxygens (including phenoxy) is 3. The molecule has 238 valence electrons. The molecule has 0 aromatic heterocycles. The van der Waals surface area contributed by atoms with Gasteiger partial charge in [0, 0.05) is 14.7 Å². The Kier molecular flexibility index (Phi) is 12.6. The monoisotopic (exact) mass is 618 g/mol. The average molecular weight is 619 g/mol. The topological polar surface area (TPSA) is 74.2 Å². The van der Waals surface area contributed by atoms with E-state index in [1.54, 1.807) is 0 Å². The van der Waals surface area contributed by atoms with E-state index in [1.807, 2.05) is 64.1 Å². The zero-order valence-electron chi connectivity index (χ0n) is 28.6. The fraction of sp³-hybridized carbons (Fsp3) is 0.676. The molecule has 1 aromatic rings. The van der Waals surface area contributed by atoms with E-state index in [1.165, 1.54) is 0 Å². The number of carbonyl (C=O) groups is 1. The molecule has 1 aliphatic heterocycles. The number of aliphatic hydroxyl groups is 1. The lowest BCUT2D eigenvalue weighted by Gasteiger charge is -2.36. The van der Waals surface area contributed by atoms with Gasteiger partial charge in [-0.15, -0.1) is 0 Å². The maximum Gasteiger partial charge on any atom is 0.338 e. The highest BCUT2D eigenvalue weighted by molar-refractivity contribution is 6.76. The molecule has 8 heteroatoms. The molecule has 0 radical (unpaired) electrons. The summed E-state index contributed by atoms with van der Waals surface area (Å²) in [5.74, 6) is -0.923. The molecule has 2 unspecified atom stereocenters. The van der Waals surface area contributed by atoms with Crippen LogP contribution in [0.3, 0.4) is 0 Å². The van der Waals surface area contributed by atoms with Gasteiger partial charge in [-0.3, -0.25) is 0 Å². The third-order valence-electron chi connectivity index (χ3n) is 8.17. The molecule has 0 amide bonds. The van der Waals surface area contributed by atoms with Crippen molar-refractivity contribution < 1.29 is 28.5 Å². The van der Waals surface area contributed by atoms with E-state index in [0.717, 1.165) is 22.7 Å². The van der Waals surface area contributed by atoms with Crippen molar-refractivity contribution in [1.29, 1.82) is 0 Å². The van der Waals surface area contributed by atoms with Gasteiger partial charge in [0.2, 0.25) is 0 Å². The van der Waals surface area contributed by atoms with Crippen molar-refractivity contribution >= 4 is 28.4 Å². The first-order valence-electron chi connectivity index (χ1n) is 15.4. The molecule has 1 heterocycles. The van der Waals surface area contributed by atoms with Gasteiger partial charge in [-0.05, 0) is 75.3 Å². The number of carbonyl (C=O) groups excluding carboxylic acids is 1. The third-order valence-corrected chi connectivity index (χ3v) is 14.4. The predicted molar refractivity (Wildman–Crippen MR) is 179 cm³/mol. The van der Waals surface area contributed by atoms with E-state index in [9.17, 15) is 9.90 Å². The molecule has 0 spiro atoms. The first kappa shape index (κ1) is 36.6. The van der Waals surface area contributed by atoms with Crippen LogP contribution in [0.4, 0.5) is 0 Å². The van der Waals surface area contributed by atoms with Crippen molar-refractivity contribution in [2.75, 3.05) is 13.2 Å². The second kappa shape index (κ2) is 14.5. The predicted octanol–water partition coefficient (Wildman–Crippen LogP) is 8.30. The van der Waals surface area contributed by atoms with Gasteiger partial charge in [-0.25, -0.2) is 4.79 Å². The number of hydrogen-bond acceptors (Lipinski definition) is 6. The Bertz CT molecular complexity index is 1110. The molecule has 1 saturated heterocycles. The Morgan fingerprint density at radius 3 is 2.33 bits per heavy atom. The Labute approximate surface area is 258 Å². The highest BCUT2D eigenvalue weighted by Gasteiger charge is 2.43. The largest absolute Gasteiger partial charge is 0.462 e. The lowest BCUT2D eigenvalue weighted by atomic mass is 9.97. The number of esters is 1. The first-order chi connectivity index (χ1) is 19.1. The lowest BCUT2D eigenvalue weighted by Crippen LogP contribution is -2.41. The van der Waals surface area contributed by atoms with Gasteiger partial charge in [-0.1, -0.05) is 89.3 Å². The summed E-state index contributed by atoms with van der Waals surface area (Å²) < 4.78 is 24.4. The average Bonchev–Trinajstić information content (AvgIpc) is 3.13. The standard InChI is InChI=1S/C34H58O6Si2/c1-24(23-38-42(12,13)33(4,5)6)17-18-28(35)31-29(39-34(7,8)40-31)16-14-15-27-22-25(2)21-26(3)30(27)32(36)37-19-20-41(9,10)11/h14-15,17-18,21-22,24,28-29,31,35H,16,19-20,23H2,1-13H3/b15-14+,18-17-/t24-,28?,29+,31?/m1/s1. The molecular formula is C34H58O6Si2. The SMILES string of the molecule is Cc1cc(C)c(C(=O)OCC[Si](C)(C)C)c(/C=C/C[C@@H]2OC(C)(C)OC2C(O)/C=C\[C@@H](C)CO[Si](C)(C)C(C)(C)C)c1. The number of hydrogen-bond donors (Lipinski definition) is 1. The van der Waals surface area contributed by atoms with Crippen LogP contribution in [0.2, 0.25) is 43.8 Å². The number of rotatable bonds is 13. The minimum atomic E-state index is -1.83. The molecule has 0 saturated carbocycles. The van der Waals surface area contributed by atoms with Crippen LogP contribution in [0.15, 0.2) is 30.4 Å². The summed E-state index contributed by atoms with van der Waals surface area (Å²) >= 11 is 0. The van der Waals surface area contributed by atoms with Gasteiger partial charge < -0.3 is 23.7 Å². The van der Waals surface area contributed by atoms with E-state index >= 15 is 0 Å². The molecule has 1 aromatic carbocycles. The number of benzene rings is 1. The van der Waals surface area contributed by atoms with Crippen molar-refractivity contribution in [1.82, 2.24) is 0 Å². The quantitative estimate of drug-likeness (QED) is 0.136. The van der Waals surface area contributed by atoms with E-state index < -0.39 is 34.4 Å². The van der Waals surface area contributed by atoms with Gasteiger partial charge in [0.05, 0.1) is 18.3 Å². The number of aryl methyl sites for hydroxylation is 2. The van der Waals surface area contributed by atoms with Crippen molar-refractivity contribution in [3.05, 3.63) is 52.6 Å². The van der Waals surface area contributed by atoms with Crippen LogP contribution in [0.5, 0.6) is 0 Å². The third kappa shape index (κ3) is 11.2. The molecule has 0 aliphatic carbocycles. The zero-order valence-corrected chi connectivity index (χ0v) is 30.6. The summed E-state index contributed by atoms with van der Waals surface area (Å²) in [5, 5.41) is 11.3. The minimum Gasteiger partial charge on any atom is -0.462 e. The number of aliphatic hydroxyl groups excluding tert-OH is 1. The highest BCUT2D eigenvalue weighted by atomic mass is 28.4. The molecule has 1 N–H and O–H groups in total. The maximum atomic E-state index is 13.1. The van der Waals surface area contributed by atoms with Gasteiger partial charge in [0.25, 0.3) is 0 Å². The zero-order chi connectivity index (χ0) is 32.1. The minimum absolute atomic E-state index is 0.156. The van der Waals surface area contributed by atoms with E-state index in [0.29, 0.717) is 25.2 Å². The van der Waals surface area contributed by atoms with Crippen molar-refractivity contribution in [2.24, 2.45) is 5.92 Å². The van der Waals surface area contributed by atoms with Crippen LogP contribution in [0.1, 0.15) is 75.0 Å². The van der Waals surface area contributed by atoms with Crippen molar-refractivity contribution in [2.45, 2.75) is 130 Å². The molecule has 1 aliphatic rings.